The minimum absolute atomic E-state index is 0.107. The Morgan fingerprint density at radius 2 is 1.68 bits per heavy atom. The molecular weight excluding hydrogens is 317 g/mol. The van der Waals surface area contributed by atoms with Gasteiger partial charge < -0.3 is 10.1 Å². The third-order valence-electron chi connectivity index (χ3n) is 5.99. The van der Waals surface area contributed by atoms with Crippen molar-refractivity contribution in [1.29, 1.82) is 0 Å². The van der Waals surface area contributed by atoms with Crippen LogP contribution in [-0.2, 0) is 16.1 Å². The van der Waals surface area contributed by atoms with Crippen molar-refractivity contribution < 1.29 is 13.9 Å². The number of nitrogens with one attached hydrogen (secondary N) is 1. The zero-order valence-corrected chi connectivity index (χ0v) is 15.8. The van der Waals surface area contributed by atoms with Crippen LogP contribution in [-0.4, -0.2) is 19.1 Å². The van der Waals surface area contributed by atoms with Gasteiger partial charge in [-0.05, 0) is 41.4 Å². The molecule has 3 nitrogen and oxygen atoms in total. The van der Waals surface area contributed by atoms with Crippen molar-refractivity contribution in [3.63, 3.8) is 0 Å². The van der Waals surface area contributed by atoms with Crippen LogP contribution in [0.1, 0.15) is 33.3 Å². The van der Waals surface area contributed by atoms with E-state index in [1.54, 1.807) is 12.1 Å². The fraction of sp³-hybridized carbons (Fsp3) is 0.571. The molecule has 0 radical (unpaired) electrons. The first-order valence-electron chi connectivity index (χ1n) is 9.09. The maximum absolute atomic E-state index is 13.1. The lowest BCUT2D eigenvalue weighted by Gasteiger charge is -2.38. The van der Waals surface area contributed by atoms with Gasteiger partial charge in [0, 0.05) is 12.6 Å². The molecule has 138 valence electrons. The third kappa shape index (κ3) is 4.69. The topological polar surface area (TPSA) is 38.3 Å². The molecular formula is C21H30FNO2. The van der Waals surface area contributed by atoms with Crippen LogP contribution in [0, 0.1) is 35.4 Å². The SMILES string of the molecule is COC(=O)C1C(NCc2ccc(F)cc2)/C=C/C(C)C(C)C(C)C1C. The fourth-order valence-electron chi connectivity index (χ4n) is 3.73. The Morgan fingerprint density at radius 1 is 1.04 bits per heavy atom. The molecule has 0 fully saturated rings. The van der Waals surface area contributed by atoms with Crippen molar-refractivity contribution in [2.24, 2.45) is 29.6 Å². The molecule has 1 aromatic carbocycles. The van der Waals surface area contributed by atoms with Crippen LogP contribution in [0.15, 0.2) is 36.4 Å². The molecule has 0 heterocycles. The zero-order chi connectivity index (χ0) is 18.6. The van der Waals surface area contributed by atoms with Crippen LogP contribution < -0.4 is 5.32 Å². The molecule has 0 spiro atoms. The number of halogens is 1. The highest BCUT2D eigenvalue weighted by Crippen LogP contribution is 2.36. The second-order valence-electron chi connectivity index (χ2n) is 7.40. The Bertz CT molecular complexity index is 598. The largest absolute Gasteiger partial charge is 0.469 e. The Hall–Kier alpha value is -1.68. The highest BCUT2D eigenvalue weighted by Gasteiger charge is 2.39. The molecule has 6 unspecified atom stereocenters. The van der Waals surface area contributed by atoms with Gasteiger partial charge in [-0.15, -0.1) is 0 Å². The van der Waals surface area contributed by atoms with E-state index in [4.69, 9.17) is 4.74 Å². The van der Waals surface area contributed by atoms with Gasteiger partial charge in [0.2, 0.25) is 0 Å². The predicted octanol–water partition coefficient (Wildman–Crippen LogP) is 4.19. The lowest BCUT2D eigenvalue weighted by atomic mass is 9.69. The molecule has 2 rings (SSSR count). The average molecular weight is 347 g/mol. The maximum atomic E-state index is 13.1. The second-order valence-corrected chi connectivity index (χ2v) is 7.40. The number of carbonyl (C=O) groups excluding carboxylic acids is 1. The Labute approximate surface area is 150 Å². The van der Waals surface area contributed by atoms with Crippen LogP contribution in [0.25, 0.3) is 0 Å². The molecule has 0 saturated heterocycles. The van der Waals surface area contributed by atoms with E-state index in [0.29, 0.717) is 24.3 Å². The second kappa shape index (κ2) is 8.61. The summed E-state index contributed by atoms with van der Waals surface area (Å²) in [6, 6.07) is 6.33. The van der Waals surface area contributed by atoms with Gasteiger partial charge in [-0.25, -0.2) is 4.39 Å². The van der Waals surface area contributed by atoms with Crippen molar-refractivity contribution in [2.45, 2.75) is 40.3 Å². The van der Waals surface area contributed by atoms with E-state index in [2.05, 4.69) is 45.2 Å². The van der Waals surface area contributed by atoms with Gasteiger partial charge in [0.25, 0.3) is 0 Å². The van der Waals surface area contributed by atoms with Crippen LogP contribution in [0.5, 0.6) is 0 Å². The van der Waals surface area contributed by atoms with Gasteiger partial charge >= 0.3 is 5.97 Å². The van der Waals surface area contributed by atoms with Crippen LogP contribution >= 0.6 is 0 Å². The molecule has 1 aliphatic carbocycles. The minimum atomic E-state index is -0.244. The molecule has 0 aliphatic heterocycles. The standard InChI is InChI=1S/C21H30FNO2/c1-13-6-11-19(23-12-17-7-9-18(22)10-8-17)20(21(24)25-5)16(4)15(3)14(13)2/h6-11,13-16,19-20,23H,12H2,1-5H3/b11-6+. The van der Waals surface area contributed by atoms with Gasteiger partial charge in [0.15, 0.2) is 0 Å². The normalized spacial score (nSPS) is 34.0. The van der Waals surface area contributed by atoms with Crippen LogP contribution in [0.2, 0.25) is 0 Å². The van der Waals surface area contributed by atoms with Crippen molar-refractivity contribution >= 4 is 5.97 Å². The Balaban J connectivity index is 2.24. The number of methoxy groups -OCH3 is 1. The first-order valence-corrected chi connectivity index (χ1v) is 9.09. The van der Waals surface area contributed by atoms with Crippen LogP contribution in [0.4, 0.5) is 4.39 Å². The minimum Gasteiger partial charge on any atom is -0.469 e. The quantitative estimate of drug-likeness (QED) is 0.656. The summed E-state index contributed by atoms with van der Waals surface area (Å²) in [5.74, 6) is 0.878. The smallest absolute Gasteiger partial charge is 0.310 e. The number of esters is 1. The van der Waals surface area contributed by atoms with Gasteiger partial charge in [0.1, 0.15) is 5.82 Å². The van der Waals surface area contributed by atoms with E-state index in [0.717, 1.165) is 5.56 Å². The number of carbonyl (C=O) groups is 1. The molecule has 0 amide bonds. The summed E-state index contributed by atoms with van der Waals surface area (Å²) in [5, 5.41) is 3.47. The van der Waals surface area contributed by atoms with Gasteiger partial charge in [-0.1, -0.05) is 52.0 Å². The predicted molar refractivity (Wildman–Crippen MR) is 98.3 cm³/mol. The molecule has 1 aliphatic rings. The first-order chi connectivity index (χ1) is 11.8. The van der Waals surface area contributed by atoms with Gasteiger partial charge in [-0.3, -0.25) is 4.79 Å². The fourth-order valence-corrected chi connectivity index (χ4v) is 3.73. The third-order valence-corrected chi connectivity index (χ3v) is 5.99. The monoisotopic (exact) mass is 347 g/mol. The molecule has 4 heteroatoms. The number of hydrogen-bond donors (Lipinski definition) is 1. The van der Waals surface area contributed by atoms with Crippen molar-refractivity contribution in [1.82, 2.24) is 5.32 Å². The Kier molecular flexibility index (Phi) is 6.77. The molecule has 0 saturated carbocycles. The molecule has 6 atom stereocenters. The molecule has 0 bridgehead atoms. The first kappa shape index (κ1) is 19.6. The molecule has 0 aromatic heterocycles. The number of hydrogen-bond acceptors (Lipinski definition) is 3. The van der Waals surface area contributed by atoms with Crippen molar-refractivity contribution in [2.75, 3.05) is 7.11 Å². The summed E-state index contributed by atoms with van der Waals surface area (Å²) in [6.45, 7) is 9.41. The van der Waals surface area contributed by atoms with Crippen LogP contribution in [0.3, 0.4) is 0 Å². The molecule has 1 N–H and O–H groups in total. The number of allylic oxidation sites excluding steroid dienone is 1. The summed E-state index contributed by atoms with van der Waals surface area (Å²) < 4.78 is 18.2. The van der Waals surface area contributed by atoms with Crippen molar-refractivity contribution in [3.8, 4) is 0 Å². The van der Waals surface area contributed by atoms with E-state index < -0.39 is 0 Å². The van der Waals surface area contributed by atoms with Gasteiger partial charge in [0.05, 0.1) is 13.0 Å². The van der Waals surface area contributed by atoms with E-state index in [1.165, 1.54) is 19.2 Å². The zero-order valence-electron chi connectivity index (χ0n) is 15.8. The summed E-state index contributed by atoms with van der Waals surface area (Å²) in [4.78, 5) is 12.5. The summed E-state index contributed by atoms with van der Waals surface area (Å²) in [6.07, 6.45) is 4.31. The summed E-state index contributed by atoms with van der Waals surface area (Å²) in [5.41, 5.74) is 0.989. The van der Waals surface area contributed by atoms with E-state index >= 15 is 0 Å². The van der Waals surface area contributed by atoms with E-state index in [-0.39, 0.29) is 29.7 Å². The lowest BCUT2D eigenvalue weighted by molar-refractivity contribution is -0.149. The summed E-state index contributed by atoms with van der Waals surface area (Å²) >= 11 is 0. The highest BCUT2D eigenvalue weighted by molar-refractivity contribution is 5.74. The number of benzene rings is 1. The average Bonchev–Trinajstić information content (AvgIpc) is 2.62. The molecule has 1 aromatic rings. The van der Waals surface area contributed by atoms with Crippen molar-refractivity contribution in [3.05, 3.63) is 47.8 Å². The summed E-state index contributed by atoms with van der Waals surface area (Å²) in [7, 11) is 1.45. The highest BCUT2D eigenvalue weighted by atomic mass is 19.1. The Morgan fingerprint density at radius 3 is 2.28 bits per heavy atom. The lowest BCUT2D eigenvalue weighted by Crippen LogP contribution is -2.46. The molecule has 25 heavy (non-hydrogen) atoms. The number of rotatable bonds is 4. The van der Waals surface area contributed by atoms with E-state index in [1.807, 2.05) is 0 Å². The van der Waals surface area contributed by atoms with E-state index in [9.17, 15) is 9.18 Å². The maximum Gasteiger partial charge on any atom is 0.310 e. The van der Waals surface area contributed by atoms with Gasteiger partial charge in [-0.2, -0.15) is 0 Å². The number of ether oxygens (including phenoxy) is 1.